The molecule has 0 fully saturated rings. The van der Waals surface area contributed by atoms with Crippen LogP contribution in [0.1, 0.15) is 43.4 Å². The molecule has 5 heteroatoms. The van der Waals surface area contributed by atoms with Crippen LogP contribution in [-0.4, -0.2) is 19.6 Å². The summed E-state index contributed by atoms with van der Waals surface area (Å²) < 4.78 is 3.94. The maximum Gasteiger partial charge on any atom is 0.0893 e. The van der Waals surface area contributed by atoms with Gasteiger partial charge in [-0.2, -0.15) is 10.2 Å². The molecule has 0 spiro atoms. The fraction of sp³-hybridized carbons (Fsp3) is 0.538. The Kier molecular flexibility index (Phi) is 3.81. The molecule has 0 aliphatic carbocycles. The Morgan fingerprint density at radius 2 is 2.06 bits per heavy atom. The van der Waals surface area contributed by atoms with Crippen LogP contribution in [0.25, 0.3) is 0 Å². The van der Waals surface area contributed by atoms with Crippen molar-refractivity contribution in [1.29, 1.82) is 0 Å². The highest BCUT2D eigenvalue weighted by atomic mass is 15.3. The summed E-state index contributed by atoms with van der Waals surface area (Å²) in [6, 6.07) is 3.88. The first-order valence-electron chi connectivity index (χ1n) is 6.49. The molecule has 1 atom stereocenters. The van der Waals surface area contributed by atoms with Gasteiger partial charge >= 0.3 is 0 Å². The molecule has 0 aliphatic rings. The third kappa shape index (κ3) is 2.31. The third-order valence-corrected chi connectivity index (χ3v) is 3.05. The van der Waals surface area contributed by atoms with E-state index in [0.29, 0.717) is 0 Å². The molecule has 0 aliphatic heterocycles. The molecule has 0 aromatic carbocycles. The van der Waals surface area contributed by atoms with Crippen molar-refractivity contribution in [2.24, 2.45) is 5.73 Å². The Bertz CT molecular complexity index is 511. The van der Waals surface area contributed by atoms with Gasteiger partial charge in [0.15, 0.2) is 0 Å². The lowest BCUT2D eigenvalue weighted by atomic mass is 10.1. The predicted octanol–water partition coefficient (Wildman–Crippen LogP) is 1.87. The van der Waals surface area contributed by atoms with Crippen LogP contribution in [0.2, 0.25) is 0 Å². The minimum atomic E-state index is -0.166. The number of hydrogen-bond acceptors (Lipinski definition) is 3. The molecule has 2 heterocycles. The summed E-state index contributed by atoms with van der Waals surface area (Å²) in [7, 11) is 0. The molecule has 98 valence electrons. The Balaban J connectivity index is 2.34. The van der Waals surface area contributed by atoms with Crippen molar-refractivity contribution in [3.05, 3.63) is 35.4 Å². The Labute approximate surface area is 108 Å². The average molecular weight is 247 g/mol. The predicted molar refractivity (Wildman–Crippen MR) is 71.2 cm³/mol. The molecule has 0 saturated heterocycles. The number of aryl methyl sites for hydroxylation is 3. The number of hydrogen-bond donors (Lipinski definition) is 1. The van der Waals surface area contributed by atoms with Crippen molar-refractivity contribution >= 4 is 0 Å². The van der Waals surface area contributed by atoms with Crippen LogP contribution >= 0.6 is 0 Å². The molecule has 2 N–H and O–H groups in total. The summed E-state index contributed by atoms with van der Waals surface area (Å²) in [5.41, 5.74) is 9.46. The first kappa shape index (κ1) is 12.8. The van der Waals surface area contributed by atoms with E-state index in [-0.39, 0.29) is 6.04 Å². The van der Waals surface area contributed by atoms with Gasteiger partial charge in [-0.05, 0) is 32.4 Å². The molecule has 0 saturated carbocycles. The standard InChI is InChI=1S/C13H21N5/c1-4-8-18-11(6-7-15-18)13(14)12-9-10(3)16-17(12)5-2/h6-7,9,13H,4-5,8,14H2,1-3H3. The normalized spacial score (nSPS) is 12.9. The molecule has 0 bridgehead atoms. The van der Waals surface area contributed by atoms with E-state index in [0.717, 1.165) is 36.6 Å². The van der Waals surface area contributed by atoms with Crippen LogP contribution in [0, 0.1) is 6.92 Å². The Morgan fingerprint density at radius 3 is 2.72 bits per heavy atom. The maximum atomic E-state index is 6.36. The zero-order valence-corrected chi connectivity index (χ0v) is 11.3. The maximum absolute atomic E-state index is 6.36. The molecule has 5 nitrogen and oxygen atoms in total. The first-order valence-corrected chi connectivity index (χ1v) is 6.49. The average Bonchev–Trinajstić information content (AvgIpc) is 2.95. The highest BCUT2D eigenvalue weighted by Gasteiger charge is 2.18. The minimum Gasteiger partial charge on any atom is -0.318 e. The van der Waals surface area contributed by atoms with Gasteiger partial charge in [-0.25, -0.2) is 0 Å². The summed E-state index contributed by atoms with van der Waals surface area (Å²) in [6.07, 6.45) is 2.86. The lowest BCUT2D eigenvalue weighted by Gasteiger charge is -2.15. The van der Waals surface area contributed by atoms with Gasteiger partial charge in [-0.15, -0.1) is 0 Å². The summed E-state index contributed by atoms with van der Waals surface area (Å²) in [5, 5.41) is 8.76. The minimum absolute atomic E-state index is 0.166. The van der Waals surface area contributed by atoms with Gasteiger partial charge in [-0.3, -0.25) is 9.36 Å². The van der Waals surface area contributed by atoms with E-state index in [1.54, 1.807) is 0 Å². The lowest BCUT2D eigenvalue weighted by Crippen LogP contribution is -2.21. The molecule has 18 heavy (non-hydrogen) atoms. The van der Waals surface area contributed by atoms with E-state index in [1.165, 1.54) is 0 Å². The second kappa shape index (κ2) is 5.35. The molecule has 0 amide bonds. The third-order valence-electron chi connectivity index (χ3n) is 3.05. The van der Waals surface area contributed by atoms with Crippen molar-refractivity contribution in [1.82, 2.24) is 19.6 Å². The van der Waals surface area contributed by atoms with Gasteiger partial charge < -0.3 is 5.73 Å². The Hall–Kier alpha value is -1.62. The van der Waals surface area contributed by atoms with Gasteiger partial charge in [0.2, 0.25) is 0 Å². The summed E-state index contributed by atoms with van der Waals surface area (Å²) >= 11 is 0. The van der Waals surface area contributed by atoms with Gasteiger partial charge in [0, 0.05) is 19.3 Å². The van der Waals surface area contributed by atoms with Gasteiger partial charge in [0.1, 0.15) is 0 Å². The van der Waals surface area contributed by atoms with Crippen LogP contribution < -0.4 is 5.73 Å². The van der Waals surface area contributed by atoms with Crippen LogP contribution in [0.15, 0.2) is 18.3 Å². The molecular weight excluding hydrogens is 226 g/mol. The summed E-state index contributed by atoms with van der Waals surface area (Å²) in [4.78, 5) is 0. The van der Waals surface area contributed by atoms with E-state index >= 15 is 0 Å². The fourth-order valence-corrected chi connectivity index (χ4v) is 2.23. The quantitative estimate of drug-likeness (QED) is 0.877. The lowest BCUT2D eigenvalue weighted by molar-refractivity contribution is 0.536. The van der Waals surface area contributed by atoms with Crippen molar-refractivity contribution < 1.29 is 0 Å². The number of aromatic nitrogens is 4. The molecule has 1 unspecified atom stereocenters. The summed E-state index contributed by atoms with van der Waals surface area (Å²) in [5.74, 6) is 0. The molecule has 0 radical (unpaired) electrons. The number of nitrogens with zero attached hydrogens (tertiary/aromatic N) is 4. The second-order valence-electron chi connectivity index (χ2n) is 4.48. The highest BCUT2D eigenvalue weighted by molar-refractivity contribution is 5.23. The summed E-state index contributed by atoms with van der Waals surface area (Å²) in [6.45, 7) is 7.93. The van der Waals surface area contributed by atoms with Crippen LogP contribution in [0.3, 0.4) is 0 Å². The largest absolute Gasteiger partial charge is 0.318 e. The van der Waals surface area contributed by atoms with Crippen molar-refractivity contribution in [3.8, 4) is 0 Å². The highest BCUT2D eigenvalue weighted by Crippen LogP contribution is 2.20. The number of nitrogens with two attached hydrogens (primary N) is 1. The smallest absolute Gasteiger partial charge is 0.0893 e. The first-order chi connectivity index (χ1) is 8.67. The fourth-order valence-electron chi connectivity index (χ4n) is 2.23. The van der Waals surface area contributed by atoms with E-state index in [2.05, 4.69) is 30.1 Å². The second-order valence-corrected chi connectivity index (χ2v) is 4.48. The SMILES string of the molecule is CCCn1nccc1C(N)c1cc(C)nn1CC. The molecular formula is C13H21N5. The number of rotatable bonds is 5. The van der Waals surface area contributed by atoms with Crippen molar-refractivity contribution in [3.63, 3.8) is 0 Å². The molecule has 2 rings (SSSR count). The van der Waals surface area contributed by atoms with Crippen molar-refractivity contribution in [2.45, 2.75) is 46.3 Å². The van der Waals surface area contributed by atoms with Crippen LogP contribution in [-0.2, 0) is 13.1 Å². The molecule has 2 aromatic heterocycles. The topological polar surface area (TPSA) is 61.7 Å². The van der Waals surface area contributed by atoms with Crippen LogP contribution in [0.4, 0.5) is 0 Å². The Morgan fingerprint density at radius 1 is 1.28 bits per heavy atom. The van der Waals surface area contributed by atoms with E-state index in [4.69, 9.17) is 5.73 Å². The van der Waals surface area contributed by atoms with Crippen LogP contribution in [0.5, 0.6) is 0 Å². The van der Waals surface area contributed by atoms with E-state index < -0.39 is 0 Å². The van der Waals surface area contributed by atoms with Crippen molar-refractivity contribution in [2.75, 3.05) is 0 Å². The zero-order valence-electron chi connectivity index (χ0n) is 11.3. The molecule has 2 aromatic rings. The van der Waals surface area contributed by atoms with Gasteiger partial charge in [0.05, 0.1) is 23.1 Å². The van der Waals surface area contributed by atoms with E-state index in [9.17, 15) is 0 Å². The van der Waals surface area contributed by atoms with Gasteiger partial charge in [-0.1, -0.05) is 6.92 Å². The van der Waals surface area contributed by atoms with E-state index in [1.807, 2.05) is 28.6 Å². The zero-order chi connectivity index (χ0) is 13.1. The van der Waals surface area contributed by atoms with Gasteiger partial charge in [0.25, 0.3) is 0 Å². The monoisotopic (exact) mass is 247 g/mol.